The third kappa shape index (κ3) is 4.49. The summed E-state index contributed by atoms with van der Waals surface area (Å²) in [6, 6.07) is 1.15. The van der Waals surface area contributed by atoms with Gasteiger partial charge in [0.2, 0.25) is 0 Å². The maximum atomic E-state index is 12.3. The molecule has 0 aromatic carbocycles. The first-order valence-corrected chi connectivity index (χ1v) is 8.92. The second kappa shape index (κ2) is 9.33. The highest BCUT2D eigenvalue weighted by atomic mass is 16.7. The molecule has 3 amide bonds. The molecule has 3 heterocycles. The van der Waals surface area contributed by atoms with E-state index in [0.717, 1.165) is 11.9 Å². The Kier molecular flexibility index (Phi) is 6.61. The Labute approximate surface area is 162 Å². The van der Waals surface area contributed by atoms with E-state index in [1.165, 1.54) is 12.3 Å². The van der Waals surface area contributed by atoms with Gasteiger partial charge in [-0.15, -0.1) is 6.58 Å². The molecule has 0 spiro atoms. The zero-order valence-corrected chi connectivity index (χ0v) is 15.3. The lowest BCUT2D eigenvalue weighted by molar-refractivity contribution is -0.107. The molecule has 1 aromatic heterocycles. The number of aromatic nitrogens is 2. The van der Waals surface area contributed by atoms with Crippen LogP contribution in [0.5, 0.6) is 0 Å². The molecule has 1 N–H and O–H groups in total. The van der Waals surface area contributed by atoms with Crippen molar-refractivity contribution in [2.45, 2.75) is 18.8 Å². The molecular formula is C17H21BN5O5. The van der Waals surface area contributed by atoms with Gasteiger partial charge < -0.3 is 9.69 Å². The molecule has 1 unspecified atom stereocenters. The summed E-state index contributed by atoms with van der Waals surface area (Å²) in [6.07, 6.45) is 7.08. The summed E-state index contributed by atoms with van der Waals surface area (Å²) in [4.78, 5) is 46.8. The number of nitrogens with zero attached hydrogens (tertiary/aromatic N) is 4. The van der Waals surface area contributed by atoms with Gasteiger partial charge >= 0.3 is 6.03 Å². The summed E-state index contributed by atoms with van der Waals surface area (Å²) >= 11 is 0. The third-order valence-corrected chi connectivity index (χ3v) is 4.23. The number of hydrogen-bond acceptors (Lipinski definition) is 6. The lowest BCUT2D eigenvalue weighted by Crippen LogP contribution is -2.33. The van der Waals surface area contributed by atoms with E-state index in [-0.39, 0.29) is 24.4 Å². The Morgan fingerprint density at radius 2 is 2.36 bits per heavy atom. The molecule has 3 rings (SSSR count). The summed E-state index contributed by atoms with van der Waals surface area (Å²) < 4.78 is 1.57. The lowest BCUT2D eigenvalue weighted by atomic mass is 9.76. The van der Waals surface area contributed by atoms with Crippen LogP contribution in [0.4, 0.5) is 4.79 Å². The molecular weight excluding hydrogens is 365 g/mol. The molecule has 1 saturated heterocycles. The van der Waals surface area contributed by atoms with Gasteiger partial charge in [-0.3, -0.25) is 14.5 Å². The fraction of sp³-hybridized carbons (Fsp3) is 0.412. The fourth-order valence-corrected chi connectivity index (χ4v) is 2.93. The summed E-state index contributed by atoms with van der Waals surface area (Å²) in [7, 11) is 1.49. The van der Waals surface area contributed by atoms with Crippen LogP contribution in [0.2, 0.25) is 6.32 Å². The Morgan fingerprint density at radius 1 is 1.50 bits per heavy atom. The lowest BCUT2D eigenvalue weighted by Gasteiger charge is -2.21. The average Bonchev–Trinajstić information content (AvgIpc) is 3.27. The number of fused-ring (bicyclic) bond motifs is 2. The number of amides is 3. The van der Waals surface area contributed by atoms with E-state index in [0.29, 0.717) is 32.4 Å². The normalized spacial score (nSPS) is 18.1. The molecule has 2 aliphatic rings. The molecule has 0 saturated carbocycles. The quantitative estimate of drug-likeness (QED) is 0.193. The van der Waals surface area contributed by atoms with E-state index in [4.69, 9.17) is 9.68 Å². The number of rotatable bonds is 11. The molecule has 1 atom stereocenters. The smallest absolute Gasteiger partial charge is 0.316 e. The summed E-state index contributed by atoms with van der Waals surface area (Å²) in [5.74, 6) is -0.468. The van der Waals surface area contributed by atoms with Gasteiger partial charge in [0.15, 0.2) is 13.0 Å². The first-order chi connectivity index (χ1) is 13.6. The van der Waals surface area contributed by atoms with Crippen molar-refractivity contribution in [1.82, 2.24) is 25.2 Å². The number of hydroxylamine groups is 3. The minimum atomic E-state index is -0.468. The predicted octanol–water partition coefficient (Wildman–Crippen LogP) is 0.326. The van der Waals surface area contributed by atoms with E-state index < -0.39 is 5.91 Å². The Balaban J connectivity index is 1.56. The van der Waals surface area contributed by atoms with Crippen molar-refractivity contribution in [3.63, 3.8) is 0 Å². The maximum Gasteiger partial charge on any atom is 0.345 e. The van der Waals surface area contributed by atoms with Gasteiger partial charge in [-0.25, -0.2) is 15.0 Å². The number of urea groups is 1. The fourth-order valence-electron chi connectivity index (χ4n) is 2.93. The second-order valence-electron chi connectivity index (χ2n) is 6.24. The van der Waals surface area contributed by atoms with Crippen molar-refractivity contribution in [1.29, 1.82) is 0 Å². The van der Waals surface area contributed by atoms with Crippen molar-refractivity contribution in [3.05, 3.63) is 36.7 Å². The van der Waals surface area contributed by atoms with Crippen LogP contribution in [-0.2, 0) is 14.5 Å². The number of hydrogen-bond donors (Lipinski definition) is 1. The number of nitrogens with one attached hydrogen (secondary N) is 1. The van der Waals surface area contributed by atoms with Crippen LogP contribution in [0.1, 0.15) is 16.9 Å². The highest BCUT2D eigenvalue weighted by molar-refractivity contribution is 6.66. The second-order valence-corrected chi connectivity index (χ2v) is 6.24. The molecule has 1 fully saturated rings. The van der Waals surface area contributed by atoms with Gasteiger partial charge in [0.05, 0.1) is 37.7 Å². The number of carbonyl (C=O) groups excluding carboxylic acids is 3. The molecule has 2 bridgehead atoms. The summed E-state index contributed by atoms with van der Waals surface area (Å²) in [5, 5.41) is 5.60. The predicted molar refractivity (Wildman–Crippen MR) is 101 cm³/mol. The van der Waals surface area contributed by atoms with Gasteiger partial charge in [0, 0.05) is 12.7 Å². The van der Waals surface area contributed by atoms with Crippen molar-refractivity contribution in [2.24, 2.45) is 0 Å². The Hall–Kier alpha value is -2.92. The highest BCUT2D eigenvalue weighted by Gasteiger charge is 2.41. The number of carbonyl (C=O) groups is 3. The summed E-state index contributed by atoms with van der Waals surface area (Å²) in [6.45, 7) is 5.04. The molecule has 1 aromatic rings. The topological polar surface area (TPSA) is 106 Å². The van der Waals surface area contributed by atoms with Crippen LogP contribution in [0.15, 0.2) is 31.0 Å². The van der Waals surface area contributed by atoms with E-state index in [2.05, 4.69) is 17.2 Å². The van der Waals surface area contributed by atoms with E-state index in [1.807, 2.05) is 6.08 Å². The molecule has 0 aliphatic carbocycles. The van der Waals surface area contributed by atoms with Crippen LogP contribution in [-0.4, -0.2) is 77.5 Å². The minimum Gasteiger partial charge on any atom is -0.316 e. The first-order valence-electron chi connectivity index (χ1n) is 8.92. The zero-order valence-electron chi connectivity index (χ0n) is 15.3. The van der Waals surface area contributed by atoms with Crippen LogP contribution < -0.4 is 5.48 Å². The van der Waals surface area contributed by atoms with Crippen molar-refractivity contribution in [2.75, 3.05) is 26.3 Å². The zero-order chi connectivity index (χ0) is 19.9. The van der Waals surface area contributed by atoms with Gasteiger partial charge in [-0.2, -0.15) is 10.2 Å². The highest BCUT2D eigenvalue weighted by Crippen LogP contribution is 2.26. The Morgan fingerprint density at radius 3 is 3.14 bits per heavy atom. The standard InChI is InChI=1S/C17H21BN5O5/c1-2-7-28-23-14-9-13(10-21(11-14)17(23)26)22-6-4-15(19-22)16(25)20-27-8-3-5-18-12-24/h2,4,6,9,12,14H,1,3,5,7-8,10-11H2,(H,20,25). The van der Waals surface area contributed by atoms with Gasteiger partial charge in [0.25, 0.3) is 5.91 Å². The first kappa shape index (κ1) is 19.8. The molecule has 28 heavy (non-hydrogen) atoms. The minimum absolute atomic E-state index is 0.194. The van der Waals surface area contributed by atoms with E-state index >= 15 is 0 Å². The molecule has 11 heteroatoms. The van der Waals surface area contributed by atoms with Crippen molar-refractivity contribution in [3.8, 4) is 0 Å². The Bertz CT molecular complexity index is 780. The van der Waals surface area contributed by atoms with Crippen molar-refractivity contribution < 1.29 is 24.1 Å². The van der Waals surface area contributed by atoms with Gasteiger partial charge in [-0.05, 0) is 18.6 Å². The van der Waals surface area contributed by atoms with E-state index in [1.54, 1.807) is 27.9 Å². The largest absolute Gasteiger partial charge is 0.345 e. The average molecular weight is 386 g/mol. The van der Waals surface area contributed by atoms with Gasteiger partial charge in [-0.1, -0.05) is 12.4 Å². The van der Waals surface area contributed by atoms with E-state index in [9.17, 15) is 14.4 Å². The van der Waals surface area contributed by atoms with Crippen LogP contribution in [0.3, 0.4) is 0 Å². The SMILES string of the molecule is C=CCON1C(=O)N2CC(n3ccc(C(=O)NOCCC[B]C=O)n3)=CC1C2. The summed E-state index contributed by atoms with van der Waals surface area (Å²) in [5.41, 5.74) is 3.29. The third-order valence-electron chi connectivity index (χ3n) is 4.23. The van der Waals surface area contributed by atoms with Crippen LogP contribution in [0, 0.1) is 0 Å². The monoisotopic (exact) mass is 386 g/mol. The maximum absolute atomic E-state index is 12.3. The van der Waals surface area contributed by atoms with Crippen LogP contribution in [0.25, 0.3) is 5.70 Å². The van der Waals surface area contributed by atoms with Crippen molar-refractivity contribution >= 4 is 31.1 Å². The molecule has 1 radical (unpaired) electrons. The van der Waals surface area contributed by atoms with Crippen LogP contribution >= 0.6 is 0 Å². The van der Waals surface area contributed by atoms with Gasteiger partial charge in [0.1, 0.15) is 0 Å². The molecule has 10 nitrogen and oxygen atoms in total. The molecule has 147 valence electrons. The molecule has 2 aliphatic heterocycles.